The molecule has 2 heterocycles. The maximum atomic E-state index is 11.7. The lowest BCUT2D eigenvalue weighted by atomic mass is 10.3. The van der Waals surface area contributed by atoms with E-state index in [0.717, 1.165) is 25.9 Å². The summed E-state index contributed by atoms with van der Waals surface area (Å²) in [5, 5.41) is 7.28. The van der Waals surface area contributed by atoms with Crippen molar-refractivity contribution < 1.29 is 4.79 Å². The third-order valence-electron chi connectivity index (χ3n) is 2.14. The monoisotopic (exact) mass is 176 g/mol. The van der Waals surface area contributed by atoms with Crippen molar-refractivity contribution in [1.82, 2.24) is 15.1 Å². The third-order valence-corrected chi connectivity index (χ3v) is 2.14. The molecule has 0 bridgehead atoms. The van der Waals surface area contributed by atoms with Gasteiger partial charge in [-0.15, -0.1) is 10.2 Å². The molecular formula is C9H10N3O. The number of rotatable bonds is 1. The lowest BCUT2D eigenvalue weighted by Crippen LogP contribution is -2.28. The van der Waals surface area contributed by atoms with Gasteiger partial charge >= 0.3 is 0 Å². The van der Waals surface area contributed by atoms with Crippen molar-refractivity contribution in [2.75, 3.05) is 13.1 Å². The smallest absolute Gasteiger partial charge is 0.274 e. The van der Waals surface area contributed by atoms with Crippen molar-refractivity contribution in [2.45, 2.75) is 12.8 Å². The molecular weight excluding hydrogens is 166 g/mol. The zero-order chi connectivity index (χ0) is 9.10. The van der Waals surface area contributed by atoms with E-state index in [1.54, 1.807) is 12.1 Å². The molecule has 1 fully saturated rings. The van der Waals surface area contributed by atoms with Crippen molar-refractivity contribution in [3.05, 3.63) is 24.0 Å². The lowest BCUT2D eigenvalue weighted by Gasteiger charge is -2.13. The summed E-state index contributed by atoms with van der Waals surface area (Å²) >= 11 is 0. The van der Waals surface area contributed by atoms with Crippen LogP contribution >= 0.6 is 0 Å². The molecule has 0 aromatic carbocycles. The van der Waals surface area contributed by atoms with Crippen molar-refractivity contribution in [1.29, 1.82) is 0 Å². The normalized spacial score (nSPS) is 16.2. The number of carbonyl (C=O) groups is 1. The van der Waals surface area contributed by atoms with Crippen LogP contribution in [-0.2, 0) is 0 Å². The molecule has 0 spiro atoms. The highest BCUT2D eigenvalue weighted by atomic mass is 16.2. The third kappa shape index (κ3) is 1.66. The molecule has 0 N–H and O–H groups in total. The molecule has 1 saturated heterocycles. The maximum absolute atomic E-state index is 11.7. The van der Waals surface area contributed by atoms with E-state index in [0.29, 0.717) is 5.69 Å². The lowest BCUT2D eigenvalue weighted by molar-refractivity contribution is 0.0786. The summed E-state index contributed by atoms with van der Waals surface area (Å²) in [5.41, 5.74) is 0.417. The van der Waals surface area contributed by atoms with E-state index >= 15 is 0 Å². The van der Waals surface area contributed by atoms with E-state index in [4.69, 9.17) is 0 Å². The van der Waals surface area contributed by atoms with Crippen LogP contribution in [0.1, 0.15) is 23.3 Å². The van der Waals surface area contributed by atoms with Crippen LogP contribution in [0.25, 0.3) is 0 Å². The van der Waals surface area contributed by atoms with Gasteiger partial charge in [0.15, 0.2) is 5.69 Å². The fourth-order valence-electron chi connectivity index (χ4n) is 1.46. The van der Waals surface area contributed by atoms with Gasteiger partial charge in [0.05, 0.1) is 0 Å². The SMILES string of the molecule is O=C(c1cc[c]nn1)N1CCCC1. The van der Waals surface area contributed by atoms with Crippen molar-refractivity contribution in [3.8, 4) is 0 Å². The van der Waals surface area contributed by atoms with Crippen LogP contribution in [-0.4, -0.2) is 34.1 Å². The van der Waals surface area contributed by atoms with Gasteiger partial charge in [0.25, 0.3) is 5.91 Å². The standard InChI is InChI=1S/C9H10N3O/c13-9(12-6-1-2-7-12)8-4-3-5-10-11-8/h3-4H,1-2,6-7H2. The summed E-state index contributed by atoms with van der Waals surface area (Å²) in [6.07, 6.45) is 4.74. The zero-order valence-electron chi connectivity index (χ0n) is 7.23. The van der Waals surface area contributed by atoms with Gasteiger partial charge in [0.1, 0.15) is 6.20 Å². The molecule has 1 aliphatic rings. The zero-order valence-corrected chi connectivity index (χ0v) is 7.23. The van der Waals surface area contributed by atoms with Crippen LogP contribution in [0.5, 0.6) is 0 Å². The van der Waals surface area contributed by atoms with Crippen molar-refractivity contribution in [2.24, 2.45) is 0 Å². The van der Waals surface area contributed by atoms with Crippen LogP contribution in [0.3, 0.4) is 0 Å². The molecule has 1 aromatic heterocycles. The Bertz CT molecular complexity index is 293. The van der Waals surface area contributed by atoms with Gasteiger partial charge in [-0.05, 0) is 25.0 Å². The number of aromatic nitrogens is 2. The van der Waals surface area contributed by atoms with Crippen LogP contribution in [0.4, 0.5) is 0 Å². The molecule has 4 heteroatoms. The first-order valence-corrected chi connectivity index (χ1v) is 4.37. The molecule has 1 aliphatic heterocycles. The molecule has 2 rings (SSSR count). The van der Waals surface area contributed by atoms with E-state index in [1.165, 1.54) is 0 Å². The van der Waals surface area contributed by atoms with Crippen LogP contribution in [0.15, 0.2) is 12.1 Å². The Kier molecular flexibility index (Phi) is 2.21. The minimum atomic E-state index is -0.0148. The average molecular weight is 176 g/mol. The number of carbonyl (C=O) groups excluding carboxylic acids is 1. The quantitative estimate of drug-likeness (QED) is 0.626. The van der Waals surface area contributed by atoms with Gasteiger partial charge in [-0.2, -0.15) is 0 Å². The summed E-state index contributed by atoms with van der Waals surface area (Å²) in [4.78, 5) is 13.5. The second-order valence-corrected chi connectivity index (χ2v) is 3.05. The fraction of sp³-hybridized carbons (Fsp3) is 0.444. The second-order valence-electron chi connectivity index (χ2n) is 3.05. The summed E-state index contributed by atoms with van der Waals surface area (Å²) < 4.78 is 0. The molecule has 1 radical (unpaired) electrons. The van der Waals surface area contributed by atoms with Crippen molar-refractivity contribution >= 4 is 5.91 Å². The van der Waals surface area contributed by atoms with Crippen molar-refractivity contribution in [3.63, 3.8) is 0 Å². The highest BCUT2D eigenvalue weighted by molar-refractivity contribution is 5.92. The predicted octanol–water partition coefficient (Wildman–Crippen LogP) is 0.513. The molecule has 0 saturated carbocycles. The van der Waals surface area contributed by atoms with E-state index in [-0.39, 0.29) is 5.91 Å². The minimum absolute atomic E-state index is 0.0148. The summed E-state index contributed by atoms with van der Waals surface area (Å²) in [5.74, 6) is -0.0148. The van der Waals surface area contributed by atoms with E-state index in [9.17, 15) is 4.79 Å². The summed E-state index contributed by atoms with van der Waals surface area (Å²) in [6.45, 7) is 1.69. The molecule has 0 unspecified atom stereocenters. The Balaban J connectivity index is 2.13. The highest BCUT2D eigenvalue weighted by Crippen LogP contribution is 2.10. The Morgan fingerprint density at radius 3 is 2.85 bits per heavy atom. The molecule has 1 amide bonds. The van der Waals surface area contributed by atoms with Gasteiger partial charge in [0.2, 0.25) is 0 Å². The number of nitrogens with zero attached hydrogens (tertiary/aromatic N) is 3. The first kappa shape index (κ1) is 8.16. The van der Waals surface area contributed by atoms with Gasteiger partial charge < -0.3 is 4.90 Å². The molecule has 0 aliphatic carbocycles. The van der Waals surface area contributed by atoms with Gasteiger partial charge in [0, 0.05) is 13.1 Å². The number of amides is 1. The molecule has 0 atom stereocenters. The Hall–Kier alpha value is -1.45. The Morgan fingerprint density at radius 2 is 2.23 bits per heavy atom. The minimum Gasteiger partial charge on any atom is -0.337 e. The van der Waals surface area contributed by atoms with Crippen LogP contribution in [0.2, 0.25) is 0 Å². The van der Waals surface area contributed by atoms with E-state index in [2.05, 4.69) is 16.4 Å². The van der Waals surface area contributed by atoms with Crippen LogP contribution < -0.4 is 0 Å². The number of likely N-dealkylation sites (tertiary alicyclic amines) is 1. The Morgan fingerprint density at radius 1 is 1.46 bits per heavy atom. The number of hydrogen-bond acceptors (Lipinski definition) is 3. The average Bonchev–Trinajstić information content (AvgIpc) is 2.71. The largest absolute Gasteiger partial charge is 0.337 e. The second kappa shape index (κ2) is 3.51. The van der Waals surface area contributed by atoms with Gasteiger partial charge in [-0.1, -0.05) is 0 Å². The maximum Gasteiger partial charge on any atom is 0.274 e. The topological polar surface area (TPSA) is 46.1 Å². The predicted molar refractivity (Wildman–Crippen MR) is 46.0 cm³/mol. The van der Waals surface area contributed by atoms with E-state index < -0.39 is 0 Å². The molecule has 13 heavy (non-hydrogen) atoms. The summed E-state index contributed by atoms with van der Waals surface area (Å²) in [7, 11) is 0. The molecule has 4 nitrogen and oxygen atoms in total. The Labute approximate surface area is 76.6 Å². The number of hydrogen-bond donors (Lipinski definition) is 0. The van der Waals surface area contributed by atoms with Crippen LogP contribution in [0, 0.1) is 6.20 Å². The van der Waals surface area contributed by atoms with Gasteiger partial charge in [-0.25, -0.2) is 0 Å². The summed E-state index contributed by atoms with van der Waals surface area (Å²) in [6, 6.07) is 3.25. The first-order valence-electron chi connectivity index (χ1n) is 4.37. The fourth-order valence-corrected chi connectivity index (χ4v) is 1.46. The first-order chi connectivity index (χ1) is 6.38. The molecule has 67 valence electrons. The van der Waals surface area contributed by atoms with E-state index in [1.807, 2.05) is 4.90 Å². The molecule has 1 aromatic rings. The highest BCUT2D eigenvalue weighted by Gasteiger charge is 2.20. The van der Waals surface area contributed by atoms with Gasteiger partial charge in [-0.3, -0.25) is 4.79 Å².